The van der Waals surface area contributed by atoms with Crippen LogP contribution in [0.5, 0.6) is 0 Å². The predicted molar refractivity (Wildman–Crippen MR) is 83.1 cm³/mol. The summed E-state index contributed by atoms with van der Waals surface area (Å²) < 4.78 is 26.3. The second-order valence-corrected chi connectivity index (χ2v) is 9.18. The minimum Gasteiger partial charge on any atom is -0.314 e. The molecule has 1 unspecified atom stereocenters. The van der Waals surface area contributed by atoms with Gasteiger partial charge >= 0.3 is 0 Å². The summed E-state index contributed by atoms with van der Waals surface area (Å²) in [4.78, 5) is 0. The molecule has 0 aromatic rings. The van der Waals surface area contributed by atoms with Crippen molar-refractivity contribution in [1.29, 1.82) is 0 Å². The summed E-state index contributed by atoms with van der Waals surface area (Å²) >= 11 is 3.79. The van der Waals surface area contributed by atoms with Crippen LogP contribution in [-0.2, 0) is 10.0 Å². The van der Waals surface area contributed by atoms with Crippen molar-refractivity contribution in [1.82, 2.24) is 10.0 Å². The Morgan fingerprint density at radius 3 is 2.72 bits per heavy atom. The highest BCUT2D eigenvalue weighted by Crippen LogP contribution is 2.23. The van der Waals surface area contributed by atoms with Gasteiger partial charge in [-0.05, 0) is 13.0 Å². The fourth-order valence-electron chi connectivity index (χ4n) is 1.60. The third-order valence-electron chi connectivity index (χ3n) is 2.56. The van der Waals surface area contributed by atoms with E-state index in [0.29, 0.717) is 24.3 Å². The molecule has 0 aromatic carbocycles. The Morgan fingerprint density at radius 2 is 2.11 bits per heavy atom. The normalized spacial score (nSPS) is 21.4. The minimum atomic E-state index is -3.09. The zero-order valence-corrected chi connectivity index (χ0v) is 13.6. The largest absolute Gasteiger partial charge is 0.314 e. The van der Waals surface area contributed by atoms with Crippen LogP contribution >= 0.6 is 23.5 Å². The molecule has 1 aliphatic heterocycles. The Kier molecular flexibility index (Phi) is 8.02. The number of hydrogen-bond acceptors (Lipinski definition) is 5. The van der Waals surface area contributed by atoms with Crippen molar-refractivity contribution < 1.29 is 8.42 Å². The lowest BCUT2D eigenvalue weighted by molar-refractivity contribution is 0.561. The number of rotatable bonds is 8. The van der Waals surface area contributed by atoms with Crippen molar-refractivity contribution in [3.05, 3.63) is 0 Å². The average Bonchev–Trinajstić information content (AvgIpc) is 2.34. The molecule has 1 fully saturated rings. The summed E-state index contributed by atoms with van der Waals surface area (Å²) in [6.07, 6.45) is 0.667. The molecule has 7 heteroatoms. The van der Waals surface area contributed by atoms with Gasteiger partial charge in [0, 0.05) is 35.1 Å². The lowest BCUT2D eigenvalue weighted by Crippen LogP contribution is -2.35. The third kappa shape index (κ3) is 7.89. The van der Waals surface area contributed by atoms with Gasteiger partial charge in [-0.1, -0.05) is 13.8 Å². The summed E-state index contributed by atoms with van der Waals surface area (Å²) in [5.74, 6) is 3.60. The van der Waals surface area contributed by atoms with Gasteiger partial charge in [-0.25, -0.2) is 13.1 Å². The highest BCUT2D eigenvalue weighted by molar-refractivity contribution is 8.06. The number of nitrogens with one attached hydrogen (secondary N) is 2. The first-order valence-corrected chi connectivity index (χ1v) is 10.3. The predicted octanol–water partition coefficient (Wildman–Crippen LogP) is 1.14. The maximum absolute atomic E-state index is 11.8. The molecular formula is C11H24N2O2S3. The highest BCUT2D eigenvalue weighted by Gasteiger charge is 2.17. The Morgan fingerprint density at radius 1 is 1.33 bits per heavy atom. The second kappa shape index (κ2) is 8.68. The van der Waals surface area contributed by atoms with Crippen molar-refractivity contribution >= 4 is 33.5 Å². The third-order valence-corrected chi connectivity index (χ3v) is 6.84. The van der Waals surface area contributed by atoms with Crippen LogP contribution in [0.1, 0.15) is 20.3 Å². The fourth-order valence-corrected chi connectivity index (χ4v) is 5.44. The Balaban J connectivity index is 2.14. The molecule has 0 saturated carbocycles. The first kappa shape index (κ1) is 16.6. The molecule has 4 nitrogen and oxygen atoms in total. The van der Waals surface area contributed by atoms with E-state index in [4.69, 9.17) is 0 Å². The maximum Gasteiger partial charge on any atom is 0.211 e. The smallest absolute Gasteiger partial charge is 0.211 e. The molecule has 1 heterocycles. The van der Waals surface area contributed by atoms with Gasteiger partial charge < -0.3 is 5.32 Å². The van der Waals surface area contributed by atoms with E-state index in [1.165, 1.54) is 5.75 Å². The summed E-state index contributed by atoms with van der Waals surface area (Å²) in [6, 6.07) is 0.413. The van der Waals surface area contributed by atoms with Crippen LogP contribution in [0.3, 0.4) is 0 Å². The van der Waals surface area contributed by atoms with Crippen LogP contribution in [0.15, 0.2) is 0 Å². The van der Waals surface area contributed by atoms with Crippen LogP contribution in [0, 0.1) is 0 Å². The Hall–Kier alpha value is 0.570. The molecular weight excluding hydrogens is 288 g/mol. The molecule has 0 amide bonds. The van der Waals surface area contributed by atoms with Crippen molar-refractivity contribution in [2.75, 3.05) is 36.1 Å². The van der Waals surface area contributed by atoms with E-state index in [1.807, 2.05) is 23.5 Å². The molecule has 1 saturated heterocycles. The van der Waals surface area contributed by atoms with Gasteiger partial charge in [0.1, 0.15) is 0 Å². The summed E-state index contributed by atoms with van der Waals surface area (Å²) in [6.45, 7) is 5.46. The molecule has 0 bridgehead atoms. The Labute approximate surface area is 119 Å². The molecule has 0 aliphatic carbocycles. The molecule has 1 rings (SSSR count). The van der Waals surface area contributed by atoms with Gasteiger partial charge in [-0.2, -0.15) is 23.5 Å². The zero-order valence-electron chi connectivity index (χ0n) is 11.1. The Bertz CT molecular complexity index is 314. The molecule has 0 radical (unpaired) electrons. The summed E-state index contributed by atoms with van der Waals surface area (Å²) in [7, 11) is -3.09. The van der Waals surface area contributed by atoms with Gasteiger partial charge in [-0.3, -0.25) is 0 Å². The minimum absolute atomic E-state index is 0.219. The molecule has 108 valence electrons. The standard InChI is InChI=1S/C11H24N2O2S3/c1-10(2)12-4-3-7-18(14,15)13-8-11-9-16-5-6-17-11/h10-13H,3-9H2,1-2H3. The fraction of sp³-hybridized carbons (Fsp3) is 1.00. The van der Waals surface area contributed by atoms with E-state index < -0.39 is 10.0 Å². The molecule has 18 heavy (non-hydrogen) atoms. The van der Waals surface area contributed by atoms with Crippen LogP contribution in [0.4, 0.5) is 0 Å². The molecule has 1 aliphatic rings. The van der Waals surface area contributed by atoms with E-state index in [-0.39, 0.29) is 5.75 Å². The summed E-state index contributed by atoms with van der Waals surface area (Å²) in [5.41, 5.74) is 0. The van der Waals surface area contributed by atoms with Gasteiger partial charge in [0.25, 0.3) is 0 Å². The van der Waals surface area contributed by atoms with Crippen molar-refractivity contribution in [3.8, 4) is 0 Å². The first-order valence-electron chi connectivity index (χ1n) is 6.39. The van der Waals surface area contributed by atoms with E-state index >= 15 is 0 Å². The van der Waals surface area contributed by atoms with Crippen LogP contribution < -0.4 is 10.0 Å². The van der Waals surface area contributed by atoms with Gasteiger partial charge in [-0.15, -0.1) is 0 Å². The van der Waals surface area contributed by atoms with E-state index in [0.717, 1.165) is 18.1 Å². The molecule has 2 N–H and O–H groups in total. The van der Waals surface area contributed by atoms with Crippen molar-refractivity contribution in [3.63, 3.8) is 0 Å². The van der Waals surface area contributed by atoms with Crippen LogP contribution in [-0.4, -0.2) is 55.8 Å². The van der Waals surface area contributed by atoms with Crippen LogP contribution in [0.2, 0.25) is 0 Å². The molecule has 1 atom stereocenters. The second-order valence-electron chi connectivity index (χ2n) is 4.70. The lowest BCUT2D eigenvalue weighted by Gasteiger charge is -2.21. The van der Waals surface area contributed by atoms with E-state index in [9.17, 15) is 8.42 Å². The lowest BCUT2D eigenvalue weighted by atomic mass is 10.4. The zero-order chi connectivity index (χ0) is 13.4. The number of hydrogen-bond donors (Lipinski definition) is 2. The van der Waals surface area contributed by atoms with Gasteiger partial charge in [0.2, 0.25) is 10.0 Å². The van der Waals surface area contributed by atoms with Crippen molar-refractivity contribution in [2.24, 2.45) is 0 Å². The monoisotopic (exact) mass is 312 g/mol. The summed E-state index contributed by atoms with van der Waals surface area (Å²) in [5, 5.41) is 3.66. The average molecular weight is 313 g/mol. The van der Waals surface area contributed by atoms with Crippen LogP contribution in [0.25, 0.3) is 0 Å². The first-order chi connectivity index (χ1) is 8.49. The van der Waals surface area contributed by atoms with Gasteiger partial charge in [0.15, 0.2) is 0 Å². The van der Waals surface area contributed by atoms with E-state index in [1.54, 1.807) is 0 Å². The number of sulfonamides is 1. The highest BCUT2D eigenvalue weighted by atomic mass is 32.2. The number of thioether (sulfide) groups is 2. The van der Waals surface area contributed by atoms with E-state index in [2.05, 4.69) is 23.9 Å². The quantitative estimate of drug-likeness (QED) is 0.658. The van der Waals surface area contributed by atoms with Crippen molar-refractivity contribution in [2.45, 2.75) is 31.6 Å². The SMILES string of the molecule is CC(C)NCCCS(=O)(=O)NCC1CSCCS1. The molecule has 0 spiro atoms. The topological polar surface area (TPSA) is 58.2 Å². The van der Waals surface area contributed by atoms with Gasteiger partial charge in [0.05, 0.1) is 5.75 Å². The maximum atomic E-state index is 11.8. The molecule has 0 aromatic heterocycles.